The fourth-order valence-corrected chi connectivity index (χ4v) is 3.37. The number of allylic oxidation sites excluding steroid dienone is 2. The second kappa shape index (κ2) is 3.05. The molecule has 0 aromatic heterocycles. The Hall–Kier alpha value is 0.180. The van der Waals surface area contributed by atoms with Gasteiger partial charge in [0, 0.05) is 21.3 Å². The summed E-state index contributed by atoms with van der Waals surface area (Å²) in [5.41, 5.74) is 0. The molecule has 0 nitrogen and oxygen atoms in total. The van der Waals surface area contributed by atoms with E-state index in [1.807, 2.05) is 23.5 Å². The molecule has 0 fully saturated rings. The molecule has 0 radical (unpaired) electrons. The molecular weight excluding hydrogens is 160 g/mol. The molecule has 2 rings (SSSR count). The lowest BCUT2D eigenvalue weighted by Crippen LogP contribution is -1.71. The van der Waals surface area contributed by atoms with Gasteiger partial charge in [-0.2, -0.15) is 0 Å². The molecule has 2 aliphatic rings. The van der Waals surface area contributed by atoms with Gasteiger partial charge in [-0.15, -0.1) is 23.5 Å². The van der Waals surface area contributed by atoms with Gasteiger partial charge in [0.2, 0.25) is 0 Å². The zero-order valence-electron chi connectivity index (χ0n) is 5.80. The Morgan fingerprint density at radius 3 is 1.70 bits per heavy atom. The summed E-state index contributed by atoms with van der Waals surface area (Å²) in [7, 11) is 0. The third kappa shape index (κ3) is 1.28. The summed E-state index contributed by atoms with van der Waals surface area (Å²) in [6, 6.07) is 0. The van der Waals surface area contributed by atoms with Crippen molar-refractivity contribution in [3.05, 3.63) is 22.0 Å². The fraction of sp³-hybridized carbons (Fsp3) is 0.500. The van der Waals surface area contributed by atoms with Gasteiger partial charge in [0.15, 0.2) is 0 Å². The highest BCUT2D eigenvalue weighted by Crippen LogP contribution is 2.40. The van der Waals surface area contributed by atoms with E-state index in [0.29, 0.717) is 0 Å². The van der Waals surface area contributed by atoms with E-state index in [-0.39, 0.29) is 0 Å². The number of thioether (sulfide) groups is 2. The topological polar surface area (TPSA) is 0 Å². The van der Waals surface area contributed by atoms with Crippen LogP contribution in [0.2, 0.25) is 0 Å². The normalized spacial score (nSPS) is 24.8. The highest BCUT2D eigenvalue weighted by Gasteiger charge is 2.13. The van der Waals surface area contributed by atoms with Gasteiger partial charge in [0.05, 0.1) is 0 Å². The third-order valence-electron chi connectivity index (χ3n) is 1.65. The third-order valence-corrected chi connectivity index (χ3v) is 4.06. The van der Waals surface area contributed by atoms with Gasteiger partial charge >= 0.3 is 0 Å². The Kier molecular flexibility index (Phi) is 2.10. The molecule has 54 valence electrons. The van der Waals surface area contributed by atoms with E-state index in [0.717, 1.165) is 0 Å². The largest absolute Gasteiger partial charge is 0.125 e. The van der Waals surface area contributed by atoms with Gasteiger partial charge in [-0.1, -0.05) is 12.2 Å². The molecule has 0 amide bonds. The zero-order chi connectivity index (χ0) is 6.81. The molecule has 2 aliphatic heterocycles. The summed E-state index contributed by atoms with van der Waals surface area (Å²) >= 11 is 4.02. The van der Waals surface area contributed by atoms with E-state index in [1.54, 1.807) is 9.81 Å². The summed E-state index contributed by atoms with van der Waals surface area (Å²) in [6.45, 7) is 0. The molecule has 0 aromatic carbocycles. The maximum atomic E-state index is 2.37. The van der Waals surface area contributed by atoms with Gasteiger partial charge in [0.1, 0.15) is 0 Å². The van der Waals surface area contributed by atoms with E-state index in [2.05, 4.69) is 12.2 Å². The van der Waals surface area contributed by atoms with Crippen LogP contribution < -0.4 is 0 Å². The molecular formula is C8H10S2. The number of rotatable bonds is 1. The first-order valence-electron chi connectivity index (χ1n) is 3.63. The van der Waals surface area contributed by atoms with Crippen LogP contribution in [0, 0.1) is 0 Å². The highest BCUT2D eigenvalue weighted by molar-refractivity contribution is 8.08. The Bertz CT molecular complexity index is 169. The van der Waals surface area contributed by atoms with Crippen LogP contribution in [0.5, 0.6) is 0 Å². The van der Waals surface area contributed by atoms with Gasteiger partial charge in [-0.25, -0.2) is 0 Å². The second-order valence-corrected chi connectivity index (χ2v) is 4.68. The lowest BCUT2D eigenvalue weighted by atomic mass is 10.3. The number of hydrogen-bond acceptors (Lipinski definition) is 2. The van der Waals surface area contributed by atoms with Crippen molar-refractivity contribution in [2.75, 3.05) is 11.5 Å². The molecule has 0 spiro atoms. The average molecular weight is 170 g/mol. The molecule has 2 heteroatoms. The molecule has 0 aromatic rings. The smallest absolute Gasteiger partial charge is 0.0165 e. The minimum Gasteiger partial charge on any atom is -0.125 e. The van der Waals surface area contributed by atoms with E-state index in [4.69, 9.17) is 0 Å². The predicted octanol–water partition coefficient (Wildman–Crippen LogP) is 3.03. The van der Waals surface area contributed by atoms with Crippen LogP contribution in [-0.4, -0.2) is 11.5 Å². The summed E-state index contributed by atoms with van der Waals surface area (Å²) in [5.74, 6) is 2.60. The van der Waals surface area contributed by atoms with Crippen molar-refractivity contribution in [1.29, 1.82) is 0 Å². The first-order chi connectivity index (χ1) is 4.97. The molecule has 0 N–H and O–H groups in total. The summed E-state index contributed by atoms with van der Waals surface area (Å²) < 4.78 is 0. The van der Waals surface area contributed by atoms with Crippen LogP contribution in [0.3, 0.4) is 0 Å². The quantitative estimate of drug-likeness (QED) is 0.593. The molecule has 0 atom stereocenters. The molecule has 0 aliphatic carbocycles. The average Bonchev–Trinajstić information content (AvgIpc) is 2.59. The fourth-order valence-electron chi connectivity index (χ4n) is 1.18. The zero-order valence-corrected chi connectivity index (χ0v) is 7.43. The van der Waals surface area contributed by atoms with Crippen molar-refractivity contribution < 1.29 is 0 Å². The predicted molar refractivity (Wildman–Crippen MR) is 50.3 cm³/mol. The minimum atomic E-state index is 1.28. The first-order valence-corrected chi connectivity index (χ1v) is 5.60. The number of hydrogen-bond donors (Lipinski definition) is 0. The Morgan fingerprint density at radius 1 is 0.900 bits per heavy atom. The van der Waals surface area contributed by atoms with Crippen molar-refractivity contribution in [3.63, 3.8) is 0 Å². The molecule has 0 unspecified atom stereocenters. The van der Waals surface area contributed by atoms with Crippen LogP contribution in [0.15, 0.2) is 22.0 Å². The molecule has 2 heterocycles. The van der Waals surface area contributed by atoms with Gasteiger partial charge in [0.25, 0.3) is 0 Å². The summed E-state index contributed by atoms with van der Waals surface area (Å²) in [4.78, 5) is 3.09. The minimum absolute atomic E-state index is 1.28. The van der Waals surface area contributed by atoms with Crippen LogP contribution >= 0.6 is 23.5 Å². The van der Waals surface area contributed by atoms with Gasteiger partial charge < -0.3 is 0 Å². The van der Waals surface area contributed by atoms with Crippen molar-refractivity contribution >= 4 is 23.5 Å². The SMILES string of the molecule is C1=C(C2=CCCS2)SCC1. The molecule has 0 saturated heterocycles. The van der Waals surface area contributed by atoms with Crippen LogP contribution in [0.4, 0.5) is 0 Å². The van der Waals surface area contributed by atoms with Crippen molar-refractivity contribution in [3.8, 4) is 0 Å². The van der Waals surface area contributed by atoms with E-state index < -0.39 is 0 Å². The van der Waals surface area contributed by atoms with Crippen LogP contribution in [0.1, 0.15) is 12.8 Å². The maximum Gasteiger partial charge on any atom is 0.0165 e. The van der Waals surface area contributed by atoms with Gasteiger partial charge in [-0.05, 0) is 12.8 Å². The first kappa shape index (κ1) is 6.86. The lowest BCUT2D eigenvalue weighted by molar-refractivity contribution is 1.26. The molecule has 0 bridgehead atoms. The maximum absolute atomic E-state index is 2.37. The second-order valence-electron chi connectivity index (χ2n) is 2.41. The summed E-state index contributed by atoms with van der Waals surface area (Å²) in [6.07, 6.45) is 7.29. The summed E-state index contributed by atoms with van der Waals surface area (Å²) in [5, 5.41) is 0. The Balaban J connectivity index is 2.10. The Morgan fingerprint density at radius 2 is 1.40 bits per heavy atom. The molecule has 10 heavy (non-hydrogen) atoms. The van der Waals surface area contributed by atoms with E-state index >= 15 is 0 Å². The van der Waals surface area contributed by atoms with E-state index in [9.17, 15) is 0 Å². The Labute approximate surface area is 70.1 Å². The molecule has 0 saturated carbocycles. The van der Waals surface area contributed by atoms with Crippen LogP contribution in [-0.2, 0) is 0 Å². The monoisotopic (exact) mass is 170 g/mol. The van der Waals surface area contributed by atoms with Crippen LogP contribution in [0.25, 0.3) is 0 Å². The lowest BCUT2D eigenvalue weighted by Gasteiger charge is -1.98. The van der Waals surface area contributed by atoms with Gasteiger partial charge in [-0.3, -0.25) is 0 Å². The van der Waals surface area contributed by atoms with Crippen molar-refractivity contribution in [2.45, 2.75) is 12.8 Å². The standard InChI is InChI=1S/C8H10S2/c1-3-7(9-5-1)8-4-2-6-10-8/h3-4H,1-2,5-6H2. The van der Waals surface area contributed by atoms with Crippen molar-refractivity contribution in [2.24, 2.45) is 0 Å². The van der Waals surface area contributed by atoms with E-state index in [1.165, 1.54) is 24.3 Å². The highest BCUT2D eigenvalue weighted by atomic mass is 32.2. The van der Waals surface area contributed by atoms with Crippen molar-refractivity contribution in [1.82, 2.24) is 0 Å².